The summed E-state index contributed by atoms with van der Waals surface area (Å²) in [6.07, 6.45) is 0.553. The highest BCUT2D eigenvalue weighted by Crippen LogP contribution is 2.34. The van der Waals surface area contributed by atoms with Gasteiger partial charge in [0.1, 0.15) is 6.29 Å². The van der Waals surface area contributed by atoms with Crippen molar-refractivity contribution < 1.29 is 38.8 Å². The zero-order valence-electron chi connectivity index (χ0n) is 15.3. The lowest BCUT2D eigenvalue weighted by Crippen LogP contribution is -2.46. The second kappa shape index (κ2) is 9.36. The van der Waals surface area contributed by atoms with Crippen molar-refractivity contribution in [1.29, 1.82) is 0 Å². The number of phenols is 2. The Morgan fingerprint density at radius 3 is 2.67 bits per heavy atom. The van der Waals surface area contributed by atoms with E-state index in [2.05, 4.69) is 0 Å². The lowest BCUT2D eigenvalue weighted by atomic mass is 9.76. The van der Waals surface area contributed by atoms with Crippen molar-refractivity contribution >= 4 is 18.2 Å². The van der Waals surface area contributed by atoms with Crippen LogP contribution in [0.15, 0.2) is 18.2 Å². The second-order valence-corrected chi connectivity index (χ2v) is 6.54. The van der Waals surface area contributed by atoms with Crippen LogP contribution in [0.3, 0.4) is 0 Å². The number of hydrogen-bond donors (Lipinski definition) is 2. The number of rotatable bonds is 7. The van der Waals surface area contributed by atoms with Crippen LogP contribution in [0.5, 0.6) is 11.5 Å². The predicted octanol–water partition coefficient (Wildman–Crippen LogP) is 1.21. The van der Waals surface area contributed by atoms with Crippen LogP contribution in [0.2, 0.25) is 0 Å². The summed E-state index contributed by atoms with van der Waals surface area (Å²) >= 11 is 0. The number of ether oxygens (including phenoxy) is 3. The van der Waals surface area contributed by atoms with Gasteiger partial charge in [-0.3, -0.25) is 9.59 Å². The molecule has 0 saturated carbocycles. The molecule has 0 aliphatic carbocycles. The number of carbonyl (C=O) groups excluding carboxylic acids is 3. The number of phenolic OH excluding ortho intramolecular Hbond substituents is 2. The van der Waals surface area contributed by atoms with Gasteiger partial charge < -0.3 is 29.2 Å². The van der Waals surface area contributed by atoms with Crippen LogP contribution in [0.1, 0.15) is 18.9 Å². The first-order valence-corrected chi connectivity index (χ1v) is 8.68. The summed E-state index contributed by atoms with van der Waals surface area (Å²) in [5, 5.41) is 18.8. The molecule has 1 heterocycles. The maximum atomic E-state index is 12.2. The minimum atomic E-state index is -0.706. The minimum absolute atomic E-state index is 0.0659. The fourth-order valence-electron chi connectivity index (χ4n) is 3.25. The second-order valence-electron chi connectivity index (χ2n) is 6.54. The van der Waals surface area contributed by atoms with E-state index in [1.54, 1.807) is 13.0 Å². The minimum Gasteiger partial charge on any atom is -0.504 e. The summed E-state index contributed by atoms with van der Waals surface area (Å²) in [6.45, 7) is 1.88. The Hall–Kier alpha value is -2.61. The van der Waals surface area contributed by atoms with Crippen molar-refractivity contribution in [3.05, 3.63) is 23.8 Å². The summed E-state index contributed by atoms with van der Waals surface area (Å²) in [7, 11) is 1.25. The number of esters is 2. The molecule has 0 amide bonds. The number of benzene rings is 1. The molecule has 1 fully saturated rings. The van der Waals surface area contributed by atoms with Gasteiger partial charge in [-0.1, -0.05) is 6.07 Å². The molecular formula is C19H24O8. The third kappa shape index (κ3) is 5.19. The van der Waals surface area contributed by atoms with Gasteiger partial charge in [0.25, 0.3) is 0 Å². The maximum absolute atomic E-state index is 12.2. The molecule has 1 aliphatic heterocycles. The number of aldehydes is 1. The standard InChI is InChI=1S/C19H24O8/c1-11-14(9-20)13(15(10-27-11)19(24)25-2)8-18(23)26-6-5-12-3-4-16(21)17(22)7-12/h3-4,7,9,11,13-15,21-22H,5-6,8,10H2,1-2H3. The van der Waals surface area contributed by atoms with Gasteiger partial charge >= 0.3 is 11.9 Å². The van der Waals surface area contributed by atoms with E-state index in [0.29, 0.717) is 18.3 Å². The van der Waals surface area contributed by atoms with Crippen LogP contribution >= 0.6 is 0 Å². The first kappa shape index (κ1) is 20.7. The van der Waals surface area contributed by atoms with Gasteiger partial charge in [-0.25, -0.2) is 0 Å². The molecule has 1 saturated heterocycles. The maximum Gasteiger partial charge on any atom is 0.311 e. The Morgan fingerprint density at radius 1 is 1.30 bits per heavy atom. The van der Waals surface area contributed by atoms with E-state index < -0.39 is 35.8 Å². The SMILES string of the molecule is COC(=O)C1COC(C)C(C=O)C1CC(=O)OCCc1ccc(O)c(O)c1. The lowest BCUT2D eigenvalue weighted by molar-refractivity contribution is -0.165. The summed E-state index contributed by atoms with van der Waals surface area (Å²) in [5.41, 5.74) is 0.691. The fraction of sp³-hybridized carbons (Fsp3) is 0.526. The third-order valence-electron chi connectivity index (χ3n) is 4.85. The number of carbonyl (C=O) groups is 3. The van der Waals surface area contributed by atoms with Gasteiger partial charge in [0.2, 0.25) is 0 Å². The van der Waals surface area contributed by atoms with E-state index in [-0.39, 0.29) is 31.1 Å². The predicted molar refractivity (Wildman–Crippen MR) is 93.0 cm³/mol. The number of methoxy groups -OCH3 is 1. The van der Waals surface area contributed by atoms with Crippen LogP contribution in [0.25, 0.3) is 0 Å². The highest BCUT2D eigenvalue weighted by molar-refractivity contribution is 5.77. The van der Waals surface area contributed by atoms with Gasteiger partial charge in [0.05, 0.1) is 38.8 Å². The topological polar surface area (TPSA) is 119 Å². The highest BCUT2D eigenvalue weighted by Gasteiger charge is 2.43. The lowest BCUT2D eigenvalue weighted by Gasteiger charge is -2.37. The molecule has 8 nitrogen and oxygen atoms in total. The van der Waals surface area contributed by atoms with Crippen molar-refractivity contribution in [2.24, 2.45) is 17.8 Å². The Bertz CT molecular complexity index is 686. The van der Waals surface area contributed by atoms with Crippen LogP contribution in [-0.4, -0.2) is 54.9 Å². The molecule has 0 spiro atoms. The van der Waals surface area contributed by atoms with Crippen molar-refractivity contribution in [2.45, 2.75) is 25.9 Å². The zero-order chi connectivity index (χ0) is 20.0. The first-order chi connectivity index (χ1) is 12.9. The smallest absolute Gasteiger partial charge is 0.311 e. The Balaban J connectivity index is 1.94. The normalized spacial score (nSPS) is 24.8. The Kier molecular flexibility index (Phi) is 7.18. The van der Waals surface area contributed by atoms with Crippen LogP contribution in [0.4, 0.5) is 0 Å². The van der Waals surface area contributed by atoms with E-state index >= 15 is 0 Å². The Labute approximate surface area is 157 Å². The molecular weight excluding hydrogens is 356 g/mol. The quantitative estimate of drug-likeness (QED) is 0.412. The van der Waals surface area contributed by atoms with Crippen LogP contribution in [-0.2, 0) is 35.0 Å². The number of aromatic hydroxyl groups is 2. The molecule has 1 aromatic rings. The van der Waals surface area contributed by atoms with Gasteiger partial charge in [-0.2, -0.15) is 0 Å². The van der Waals surface area contributed by atoms with Gasteiger partial charge in [0.15, 0.2) is 11.5 Å². The molecule has 0 bridgehead atoms. The molecule has 1 aliphatic rings. The largest absolute Gasteiger partial charge is 0.504 e. The molecule has 4 unspecified atom stereocenters. The summed E-state index contributed by atoms with van der Waals surface area (Å²) in [5.74, 6) is -3.39. The van der Waals surface area contributed by atoms with Gasteiger partial charge in [-0.15, -0.1) is 0 Å². The fourth-order valence-corrected chi connectivity index (χ4v) is 3.25. The van der Waals surface area contributed by atoms with E-state index in [0.717, 1.165) is 0 Å². The molecule has 4 atom stereocenters. The van der Waals surface area contributed by atoms with Gasteiger partial charge in [0, 0.05) is 12.3 Å². The van der Waals surface area contributed by atoms with Crippen molar-refractivity contribution in [3.8, 4) is 11.5 Å². The average Bonchev–Trinajstić information content (AvgIpc) is 2.64. The molecule has 0 radical (unpaired) electrons. The van der Waals surface area contributed by atoms with E-state index in [1.807, 2.05) is 0 Å². The van der Waals surface area contributed by atoms with E-state index in [9.17, 15) is 24.6 Å². The monoisotopic (exact) mass is 380 g/mol. The van der Waals surface area contributed by atoms with Crippen molar-refractivity contribution in [2.75, 3.05) is 20.3 Å². The molecule has 27 heavy (non-hydrogen) atoms. The van der Waals surface area contributed by atoms with E-state index in [4.69, 9.17) is 14.2 Å². The zero-order valence-corrected chi connectivity index (χ0v) is 15.3. The molecule has 8 heteroatoms. The molecule has 0 aromatic heterocycles. The first-order valence-electron chi connectivity index (χ1n) is 8.68. The molecule has 2 rings (SSSR count). The summed E-state index contributed by atoms with van der Waals surface area (Å²) in [4.78, 5) is 35.6. The van der Waals surface area contributed by atoms with Crippen LogP contribution < -0.4 is 0 Å². The third-order valence-corrected chi connectivity index (χ3v) is 4.85. The molecule has 148 valence electrons. The van der Waals surface area contributed by atoms with Crippen molar-refractivity contribution in [1.82, 2.24) is 0 Å². The highest BCUT2D eigenvalue weighted by atomic mass is 16.5. The summed E-state index contributed by atoms with van der Waals surface area (Å²) in [6, 6.07) is 4.35. The van der Waals surface area contributed by atoms with Crippen molar-refractivity contribution in [3.63, 3.8) is 0 Å². The van der Waals surface area contributed by atoms with Gasteiger partial charge in [-0.05, 0) is 30.5 Å². The van der Waals surface area contributed by atoms with E-state index in [1.165, 1.54) is 19.2 Å². The van der Waals surface area contributed by atoms with Crippen LogP contribution in [0, 0.1) is 17.8 Å². The molecule has 2 N–H and O–H groups in total. The molecule has 1 aromatic carbocycles. The average molecular weight is 380 g/mol. The number of hydrogen-bond acceptors (Lipinski definition) is 8. The summed E-state index contributed by atoms with van der Waals surface area (Å²) < 4.78 is 15.4. The Morgan fingerprint density at radius 2 is 2.04 bits per heavy atom.